The molecule has 0 aromatic rings. The van der Waals surface area contributed by atoms with Crippen molar-refractivity contribution in [1.82, 2.24) is 0 Å². The molecule has 0 aromatic carbocycles. The molecule has 7 heteroatoms. The van der Waals surface area contributed by atoms with E-state index in [1.54, 1.807) is 0 Å². The van der Waals surface area contributed by atoms with Crippen molar-refractivity contribution in [1.29, 1.82) is 0 Å². The van der Waals surface area contributed by atoms with Crippen LogP contribution in [0.3, 0.4) is 0 Å². The fourth-order valence-electron chi connectivity index (χ4n) is 1.82. The molecule has 0 saturated heterocycles. The van der Waals surface area contributed by atoms with Crippen molar-refractivity contribution in [3.63, 3.8) is 0 Å². The second kappa shape index (κ2) is 6.64. The van der Waals surface area contributed by atoms with E-state index in [-0.39, 0.29) is 70.3 Å². The third-order valence-corrected chi connectivity index (χ3v) is 2.59. The number of rotatable bonds is 2. The summed E-state index contributed by atoms with van der Waals surface area (Å²) < 4.78 is 41.7. The van der Waals surface area contributed by atoms with E-state index in [0.717, 1.165) is 0 Å². The minimum Gasteiger partial charge on any atom is -0.463 e. The predicted molar refractivity (Wildman–Crippen MR) is 46.9 cm³/mol. The smallest absolute Gasteiger partial charge is 0.463 e. The Kier molecular flexibility index (Phi) is 7.06. The van der Waals surface area contributed by atoms with E-state index in [1.165, 1.54) is 6.92 Å². The number of hydrogen-bond donors (Lipinski definition) is 0. The van der Waals surface area contributed by atoms with Gasteiger partial charge in [-0.05, 0) is 12.8 Å². The average Bonchev–Trinajstić information content (AvgIpc) is 2.02. The van der Waals surface area contributed by atoms with Crippen molar-refractivity contribution < 1.29 is 73.9 Å². The second-order valence-electron chi connectivity index (χ2n) is 3.77. The summed E-state index contributed by atoms with van der Waals surface area (Å²) in [4.78, 5) is 10.5. The summed E-state index contributed by atoms with van der Waals surface area (Å²) in [7, 11) is 0. The third-order valence-electron chi connectivity index (χ3n) is 2.59. The fraction of sp³-hybridized carbons (Fsp3) is 0.875. The second-order valence-corrected chi connectivity index (χ2v) is 3.77. The van der Waals surface area contributed by atoms with Crippen LogP contribution >= 0.6 is 0 Å². The molecule has 2 nitrogen and oxygen atoms in total. The molecule has 0 radical (unpaired) electrons. The Labute approximate surface area is 130 Å². The van der Waals surface area contributed by atoms with Gasteiger partial charge < -0.3 is 17.7 Å². The largest absolute Gasteiger partial charge is 1.00 e. The third kappa shape index (κ3) is 5.72. The van der Waals surface area contributed by atoms with Crippen LogP contribution in [0.2, 0.25) is 5.82 Å². The first-order chi connectivity index (χ1) is 6.39. The molecule has 0 N–H and O–H groups in total. The van der Waals surface area contributed by atoms with E-state index in [1.807, 2.05) is 0 Å². The normalized spacial score (nSPS) is 26.7. The molecule has 0 aliphatic heterocycles. The zero-order chi connectivity index (χ0) is 10.8. The fourth-order valence-corrected chi connectivity index (χ4v) is 1.82. The van der Waals surface area contributed by atoms with Crippen LogP contribution in [0, 0.1) is 0 Å². The molecule has 0 spiro atoms. The Morgan fingerprint density at radius 2 is 1.67 bits per heavy atom. The monoisotopic (exact) mass is 248 g/mol. The minimum atomic E-state index is -4.71. The Bertz CT molecular complexity index is 214. The first kappa shape index (κ1) is 16.0. The van der Waals surface area contributed by atoms with Gasteiger partial charge >= 0.3 is 64.3 Å². The van der Waals surface area contributed by atoms with Crippen molar-refractivity contribution in [3.8, 4) is 0 Å². The summed E-state index contributed by atoms with van der Waals surface area (Å²) in [6.07, 6.45) is 0.571. The molecule has 0 aromatic heterocycles. The molecule has 1 saturated carbocycles. The molecule has 0 heterocycles. The standard InChI is InChI=1S/C8H13BF3O2.K/c1-6(13)14-8-4-2-7(3-5-8)9(10,11)12;/h7-8H,2-5H2,1H3;/q-1;+1. The van der Waals surface area contributed by atoms with Crippen LogP contribution in [0.1, 0.15) is 32.6 Å². The van der Waals surface area contributed by atoms with Gasteiger partial charge in [0, 0.05) is 6.92 Å². The van der Waals surface area contributed by atoms with Gasteiger partial charge in [-0.25, -0.2) is 0 Å². The van der Waals surface area contributed by atoms with Crippen LogP contribution < -0.4 is 51.4 Å². The molecule has 1 aliphatic rings. The van der Waals surface area contributed by atoms with Crippen molar-refractivity contribution >= 4 is 12.9 Å². The molecule has 1 aliphatic carbocycles. The number of esters is 1. The first-order valence-electron chi connectivity index (χ1n) is 4.76. The Morgan fingerprint density at radius 1 is 1.20 bits per heavy atom. The van der Waals surface area contributed by atoms with Crippen LogP contribution in [0.4, 0.5) is 12.9 Å². The van der Waals surface area contributed by atoms with Crippen molar-refractivity contribution in [2.75, 3.05) is 0 Å². The van der Waals surface area contributed by atoms with E-state index >= 15 is 0 Å². The van der Waals surface area contributed by atoms with Crippen LogP contribution in [0.15, 0.2) is 0 Å². The van der Waals surface area contributed by atoms with Crippen molar-refractivity contribution in [2.45, 2.75) is 44.5 Å². The molecule has 15 heavy (non-hydrogen) atoms. The Morgan fingerprint density at radius 3 is 2.00 bits per heavy atom. The van der Waals surface area contributed by atoms with Crippen molar-refractivity contribution in [2.24, 2.45) is 0 Å². The Hall–Kier alpha value is 0.961. The number of carbonyl (C=O) groups is 1. The van der Waals surface area contributed by atoms with Crippen LogP contribution in [0.25, 0.3) is 0 Å². The van der Waals surface area contributed by atoms with Gasteiger partial charge in [-0.15, -0.1) is 0 Å². The van der Waals surface area contributed by atoms with Gasteiger partial charge in [0.05, 0.1) is 0 Å². The van der Waals surface area contributed by atoms with Gasteiger partial charge in [0.1, 0.15) is 6.10 Å². The summed E-state index contributed by atoms with van der Waals surface area (Å²) in [5.74, 6) is -1.56. The summed E-state index contributed by atoms with van der Waals surface area (Å²) in [5.41, 5.74) is 0. The zero-order valence-electron chi connectivity index (χ0n) is 9.01. The molecule has 0 bridgehead atoms. The van der Waals surface area contributed by atoms with Gasteiger partial charge in [0.2, 0.25) is 0 Å². The molecule has 0 unspecified atom stereocenters. The SMILES string of the molecule is CC(=O)OC1CCC([B-](F)(F)F)CC1.[K+]. The van der Waals surface area contributed by atoms with Gasteiger partial charge in [-0.2, -0.15) is 0 Å². The summed E-state index contributed by atoms with van der Waals surface area (Å²) in [5, 5.41) is 0. The molecule has 1 rings (SSSR count). The quantitative estimate of drug-likeness (QED) is 0.496. The summed E-state index contributed by atoms with van der Waals surface area (Å²) >= 11 is 0. The maximum atomic E-state index is 12.3. The summed E-state index contributed by atoms with van der Waals surface area (Å²) in [6.45, 7) is -3.44. The number of halogens is 3. The van der Waals surface area contributed by atoms with Gasteiger partial charge in [0.15, 0.2) is 0 Å². The molecule has 1 fully saturated rings. The van der Waals surface area contributed by atoms with Gasteiger partial charge in [-0.1, -0.05) is 18.7 Å². The molecule has 0 amide bonds. The van der Waals surface area contributed by atoms with Crippen molar-refractivity contribution in [3.05, 3.63) is 0 Å². The molecule has 0 atom stereocenters. The maximum absolute atomic E-state index is 12.3. The molecular weight excluding hydrogens is 235 g/mol. The van der Waals surface area contributed by atoms with Crippen LogP contribution in [-0.2, 0) is 9.53 Å². The van der Waals surface area contributed by atoms with E-state index in [4.69, 9.17) is 4.74 Å². The Balaban J connectivity index is 0.00000196. The van der Waals surface area contributed by atoms with Gasteiger partial charge in [0.25, 0.3) is 0 Å². The predicted octanol–water partition coefficient (Wildman–Crippen LogP) is -0.286. The number of ether oxygens (including phenoxy) is 1. The van der Waals surface area contributed by atoms with E-state index < -0.39 is 18.8 Å². The average molecular weight is 248 g/mol. The molecule has 82 valence electrons. The minimum absolute atomic E-state index is 0. The zero-order valence-corrected chi connectivity index (χ0v) is 12.1. The van der Waals surface area contributed by atoms with E-state index in [0.29, 0.717) is 12.8 Å². The van der Waals surface area contributed by atoms with E-state index in [2.05, 4.69) is 0 Å². The van der Waals surface area contributed by atoms with Crippen LogP contribution in [0.5, 0.6) is 0 Å². The number of hydrogen-bond acceptors (Lipinski definition) is 2. The van der Waals surface area contributed by atoms with E-state index in [9.17, 15) is 17.7 Å². The summed E-state index contributed by atoms with van der Waals surface area (Å²) in [6, 6.07) is 0. The maximum Gasteiger partial charge on any atom is 1.00 e. The van der Waals surface area contributed by atoms with Crippen LogP contribution in [-0.4, -0.2) is 19.1 Å². The topological polar surface area (TPSA) is 26.3 Å². The van der Waals surface area contributed by atoms with Gasteiger partial charge in [-0.3, -0.25) is 4.79 Å². The number of carbonyl (C=O) groups excluding carboxylic acids is 1. The first-order valence-corrected chi connectivity index (χ1v) is 4.76. The molecular formula is C8H13BF3KO2.